The summed E-state index contributed by atoms with van der Waals surface area (Å²) in [4.78, 5) is 11.0. The summed E-state index contributed by atoms with van der Waals surface area (Å²) in [5, 5.41) is 10.0. The van der Waals surface area contributed by atoms with Gasteiger partial charge in [-0.15, -0.1) is 0 Å². The number of aliphatic hydroxyl groups is 1. The van der Waals surface area contributed by atoms with Crippen LogP contribution in [0.25, 0.3) is 0 Å². The van der Waals surface area contributed by atoms with E-state index in [2.05, 4.69) is 28.7 Å². The molecular formula is C14H23N3O. The van der Waals surface area contributed by atoms with Gasteiger partial charge in [0.1, 0.15) is 0 Å². The number of anilines is 1. The van der Waals surface area contributed by atoms with Crippen molar-refractivity contribution in [2.24, 2.45) is 5.92 Å². The Bertz CT molecular complexity index is 394. The molecule has 2 heterocycles. The van der Waals surface area contributed by atoms with Crippen molar-refractivity contribution in [3.05, 3.63) is 18.0 Å². The van der Waals surface area contributed by atoms with Gasteiger partial charge in [-0.2, -0.15) is 0 Å². The van der Waals surface area contributed by atoms with Gasteiger partial charge in [-0.3, -0.25) is 0 Å². The molecule has 1 aliphatic heterocycles. The summed E-state index contributed by atoms with van der Waals surface area (Å²) in [5.74, 6) is 1.54. The number of hydrogen-bond acceptors (Lipinski definition) is 4. The second-order valence-corrected chi connectivity index (χ2v) is 6.06. The zero-order chi connectivity index (χ0) is 13.3. The van der Waals surface area contributed by atoms with Crippen LogP contribution in [0.15, 0.2) is 12.4 Å². The minimum Gasteiger partial charge on any atom is -0.390 e. The number of nitrogens with zero attached hydrogens (tertiary/aromatic N) is 3. The van der Waals surface area contributed by atoms with Crippen LogP contribution in [-0.4, -0.2) is 33.8 Å². The Balaban J connectivity index is 2.05. The van der Waals surface area contributed by atoms with E-state index < -0.39 is 5.60 Å². The normalized spacial score (nSPS) is 20.8. The van der Waals surface area contributed by atoms with Crippen molar-refractivity contribution in [3.63, 3.8) is 0 Å². The molecule has 0 aliphatic carbocycles. The van der Waals surface area contributed by atoms with Crippen LogP contribution in [0, 0.1) is 5.92 Å². The molecule has 1 saturated heterocycles. The standard InChI is InChI=1S/C14H23N3O/c1-10(2)11-7-15-13(16-8-11)17-6-5-12(9-17)14(3,4)18/h7-8,10,12,18H,5-6,9H2,1-4H3/t12-/m1/s1. The lowest BCUT2D eigenvalue weighted by Gasteiger charge is -2.25. The van der Waals surface area contributed by atoms with Crippen molar-refractivity contribution in [2.45, 2.75) is 45.6 Å². The molecule has 2 rings (SSSR count). The Hall–Kier alpha value is -1.16. The minimum atomic E-state index is -0.618. The molecule has 4 heteroatoms. The van der Waals surface area contributed by atoms with E-state index in [9.17, 15) is 5.11 Å². The number of hydrogen-bond donors (Lipinski definition) is 1. The molecule has 0 bridgehead atoms. The van der Waals surface area contributed by atoms with Gasteiger partial charge in [0.25, 0.3) is 0 Å². The molecule has 0 spiro atoms. The average Bonchev–Trinajstić information content (AvgIpc) is 2.78. The number of rotatable bonds is 3. The summed E-state index contributed by atoms with van der Waals surface area (Å²) in [6.07, 6.45) is 4.81. The summed E-state index contributed by atoms with van der Waals surface area (Å²) in [6, 6.07) is 0. The average molecular weight is 249 g/mol. The topological polar surface area (TPSA) is 49.2 Å². The van der Waals surface area contributed by atoms with Gasteiger partial charge in [0, 0.05) is 31.4 Å². The first kappa shape index (κ1) is 13.3. The van der Waals surface area contributed by atoms with Gasteiger partial charge in [-0.05, 0) is 31.7 Å². The highest BCUT2D eigenvalue weighted by molar-refractivity contribution is 5.32. The third-order valence-electron chi connectivity index (χ3n) is 3.80. The molecular weight excluding hydrogens is 226 g/mol. The molecule has 100 valence electrons. The van der Waals surface area contributed by atoms with Crippen LogP contribution in [0.2, 0.25) is 0 Å². The van der Waals surface area contributed by atoms with E-state index in [1.54, 1.807) is 0 Å². The smallest absolute Gasteiger partial charge is 0.225 e. The molecule has 1 fully saturated rings. The monoisotopic (exact) mass is 249 g/mol. The highest BCUT2D eigenvalue weighted by Gasteiger charge is 2.34. The van der Waals surface area contributed by atoms with Crippen molar-refractivity contribution < 1.29 is 5.11 Å². The van der Waals surface area contributed by atoms with Gasteiger partial charge in [-0.25, -0.2) is 9.97 Å². The first-order valence-electron chi connectivity index (χ1n) is 6.67. The van der Waals surface area contributed by atoms with Gasteiger partial charge in [0.2, 0.25) is 5.95 Å². The molecule has 0 amide bonds. The van der Waals surface area contributed by atoms with E-state index in [0.717, 1.165) is 31.0 Å². The molecule has 1 aromatic heterocycles. The molecule has 0 aromatic carbocycles. The Morgan fingerprint density at radius 3 is 2.39 bits per heavy atom. The van der Waals surface area contributed by atoms with Crippen LogP contribution in [0.1, 0.15) is 45.6 Å². The second kappa shape index (κ2) is 4.84. The third kappa shape index (κ3) is 2.80. The summed E-state index contributed by atoms with van der Waals surface area (Å²) in [6.45, 7) is 9.80. The maximum atomic E-state index is 10.0. The predicted molar refractivity (Wildman–Crippen MR) is 72.7 cm³/mol. The Labute approximate surface area is 109 Å². The fourth-order valence-electron chi connectivity index (χ4n) is 2.31. The van der Waals surface area contributed by atoms with Crippen LogP contribution in [-0.2, 0) is 0 Å². The van der Waals surface area contributed by atoms with Crippen molar-refractivity contribution >= 4 is 5.95 Å². The van der Waals surface area contributed by atoms with Crippen molar-refractivity contribution in [3.8, 4) is 0 Å². The Morgan fingerprint density at radius 2 is 1.94 bits per heavy atom. The van der Waals surface area contributed by atoms with Crippen LogP contribution < -0.4 is 4.90 Å². The van der Waals surface area contributed by atoms with Gasteiger partial charge >= 0.3 is 0 Å². The summed E-state index contributed by atoms with van der Waals surface area (Å²) >= 11 is 0. The van der Waals surface area contributed by atoms with Crippen molar-refractivity contribution in [1.29, 1.82) is 0 Å². The zero-order valence-electron chi connectivity index (χ0n) is 11.7. The minimum absolute atomic E-state index is 0.297. The van der Waals surface area contributed by atoms with Gasteiger partial charge in [0.15, 0.2) is 0 Å². The van der Waals surface area contributed by atoms with Gasteiger partial charge < -0.3 is 10.0 Å². The van der Waals surface area contributed by atoms with E-state index in [0.29, 0.717) is 11.8 Å². The second-order valence-electron chi connectivity index (χ2n) is 6.06. The fourth-order valence-corrected chi connectivity index (χ4v) is 2.31. The molecule has 18 heavy (non-hydrogen) atoms. The van der Waals surface area contributed by atoms with E-state index in [4.69, 9.17) is 0 Å². The third-order valence-corrected chi connectivity index (χ3v) is 3.80. The van der Waals surface area contributed by atoms with E-state index in [-0.39, 0.29) is 0 Å². The largest absolute Gasteiger partial charge is 0.390 e. The maximum absolute atomic E-state index is 10.0. The SMILES string of the molecule is CC(C)c1cnc(N2CC[C@@H](C(C)(C)O)C2)nc1. The predicted octanol–water partition coefficient (Wildman–Crippen LogP) is 2.20. The van der Waals surface area contributed by atoms with Crippen LogP contribution in [0.5, 0.6) is 0 Å². The first-order chi connectivity index (χ1) is 8.38. The molecule has 1 aromatic rings. The molecule has 0 radical (unpaired) electrons. The molecule has 1 atom stereocenters. The molecule has 1 aliphatic rings. The summed E-state index contributed by atoms with van der Waals surface area (Å²) in [7, 11) is 0. The molecule has 0 unspecified atom stereocenters. The highest BCUT2D eigenvalue weighted by Crippen LogP contribution is 2.29. The Morgan fingerprint density at radius 1 is 1.33 bits per heavy atom. The molecule has 1 N–H and O–H groups in total. The zero-order valence-corrected chi connectivity index (χ0v) is 11.7. The lowest BCUT2D eigenvalue weighted by molar-refractivity contribution is 0.0263. The van der Waals surface area contributed by atoms with Crippen molar-refractivity contribution in [2.75, 3.05) is 18.0 Å². The lowest BCUT2D eigenvalue weighted by Crippen LogP contribution is -2.33. The lowest BCUT2D eigenvalue weighted by atomic mass is 9.91. The van der Waals surface area contributed by atoms with Gasteiger partial charge in [-0.1, -0.05) is 13.8 Å². The van der Waals surface area contributed by atoms with Crippen LogP contribution in [0.3, 0.4) is 0 Å². The van der Waals surface area contributed by atoms with E-state index in [1.807, 2.05) is 26.2 Å². The highest BCUT2D eigenvalue weighted by atomic mass is 16.3. The fraction of sp³-hybridized carbons (Fsp3) is 0.714. The van der Waals surface area contributed by atoms with Crippen molar-refractivity contribution in [1.82, 2.24) is 9.97 Å². The quantitative estimate of drug-likeness (QED) is 0.892. The summed E-state index contributed by atoms with van der Waals surface area (Å²) < 4.78 is 0. The maximum Gasteiger partial charge on any atom is 0.225 e. The van der Waals surface area contributed by atoms with Gasteiger partial charge in [0.05, 0.1) is 5.60 Å². The Kier molecular flexibility index (Phi) is 3.57. The summed E-state index contributed by atoms with van der Waals surface area (Å²) in [5.41, 5.74) is 0.545. The van der Waals surface area contributed by atoms with Crippen LogP contribution in [0.4, 0.5) is 5.95 Å². The van der Waals surface area contributed by atoms with E-state index >= 15 is 0 Å². The molecule has 4 nitrogen and oxygen atoms in total. The number of aromatic nitrogens is 2. The first-order valence-corrected chi connectivity index (χ1v) is 6.67. The molecule has 0 saturated carbocycles. The van der Waals surface area contributed by atoms with E-state index in [1.165, 1.54) is 0 Å². The van der Waals surface area contributed by atoms with Crippen LogP contribution >= 0.6 is 0 Å².